The fourth-order valence-electron chi connectivity index (χ4n) is 1.37. The largest absolute Gasteiger partial charge is 0.388 e. The van der Waals surface area contributed by atoms with Gasteiger partial charge in [0, 0.05) is 12.2 Å². The van der Waals surface area contributed by atoms with Gasteiger partial charge in [-0.05, 0) is 18.9 Å². The molecular weight excluding hydrogens is 184 g/mol. The van der Waals surface area contributed by atoms with Gasteiger partial charge in [-0.15, -0.1) is 0 Å². The predicted molar refractivity (Wildman–Crippen MR) is 62.9 cm³/mol. The summed E-state index contributed by atoms with van der Waals surface area (Å²) in [5, 5.41) is 12.3. The molecule has 0 saturated carbocycles. The number of nitriles is 1. The van der Waals surface area contributed by atoms with Crippen LogP contribution in [0.5, 0.6) is 0 Å². The maximum atomic E-state index is 9.10. The number of hydrogen-bond acceptors (Lipinski definition) is 2. The van der Waals surface area contributed by atoms with E-state index in [1.54, 1.807) is 0 Å². The summed E-state index contributed by atoms with van der Waals surface area (Å²) in [6, 6.07) is 12.0. The lowest BCUT2D eigenvalue weighted by atomic mass is 10.1. The Morgan fingerprint density at radius 1 is 1.33 bits per heavy atom. The van der Waals surface area contributed by atoms with Crippen LogP contribution >= 0.6 is 0 Å². The van der Waals surface area contributed by atoms with Crippen LogP contribution in [0.25, 0.3) is 5.57 Å². The average molecular weight is 200 g/mol. The Hall–Kier alpha value is -1.75. The predicted octanol–water partition coefficient (Wildman–Crippen LogP) is 2.94. The van der Waals surface area contributed by atoms with Crippen LogP contribution in [0.1, 0.15) is 25.8 Å². The van der Waals surface area contributed by atoms with Crippen LogP contribution in [-0.4, -0.2) is 6.54 Å². The first-order valence-corrected chi connectivity index (χ1v) is 5.19. The van der Waals surface area contributed by atoms with Crippen LogP contribution in [0, 0.1) is 11.3 Å². The topological polar surface area (TPSA) is 35.8 Å². The van der Waals surface area contributed by atoms with Gasteiger partial charge in [-0.1, -0.05) is 37.3 Å². The minimum atomic E-state index is 0.726. The molecule has 0 atom stereocenters. The Bertz CT molecular complexity index is 371. The average Bonchev–Trinajstić information content (AvgIpc) is 2.29. The van der Waals surface area contributed by atoms with Crippen LogP contribution in [0.2, 0.25) is 0 Å². The highest BCUT2D eigenvalue weighted by atomic mass is 14.9. The van der Waals surface area contributed by atoms with Gasteiger partial charge in [-0.25, -0.2) is 0 Å². The van der Waals surface area contributed by atoms with E-state index in [1.165, 1.54) is 0 Å². The van der Waals surface area contributed by atoms with E-state index >= 15 is 0 Å². The molecule has 0 aliphatic rings. The van der Waals surface area contributed by atoms with E-state index in [2.05, 4.69) is 18.3 Å². The first kappa shape index (κ1) is 11.3. The standard InChI is InChI=1S/C13H16N2/c1-3-9-15-11(2)13(10-14)12-7-5-4-6-8-12/h4-8,15H,3,9H2,1-2H3/b13-11-. The second-order valence-electron chi connectivity index (χ2n) is 3.40. The summed E-state index contributed by atoms with van der Waals surface area (Å²) in [6.45, 7) is 4.96. The highest BCUT2D eigenvalue weighted by Crippen LogP contribution is 2.15. The molecular formula is C13H16N2. The maximum absolute atomic E-state index is 9.10. The van der Waals surface area contributed by atoms with Gasteiger partial charge >= 0.3 is 0 Å². The molecule has 0 fully saturated rings. The van der Waals surface area contributed by atoms with Crippen molar-refractivity contribution in [2.45, 2.75) is 20.3 Å². The van der Waals surface area contributed by atoms with Crippen molar-refractivity contribution in [3.8, 4) is 6.07 Å². The molecule has 0 bridgehead atoms. The van der Waals surface area contributed by atoms with Crippen molar-refractivity contribution in [3.05, 3.63) is 41.6 Å². The molecule has 1 aromatic rings. The molecule has 2 nitrogen and oxygen atoms in total. The monoisotopic (exact) mass is 200 g/mol. The third-order valence-corrected chi connectivity index (χ3v) is 2.19. The van der Waals surface area contributed by atoms with E-state index < -0.39 is 0 Å². The second-order valence-corrected chi connectivity index (χ2v) is 3.40. The minimum absolute atomic E-state index is 0.726. The van der Waals surface area contributed by atoms with Gasteiger partial charge < -0.3 is 5.32 Å². The first-order chi connectivity index (χ1) is 7.29. The zero-order chi connectivity index (χ0) is 11.1. The van der Waals surface area contributed by atoms with Crippen molar-refractivity contribution in [3.63, 3.8) is 0 Å². The third kappa shape index (κ3) is 3.14. The lowest BCUT2D eigenvalue weighted by molar-refractivity contribution is 0.772. The second kappa shape index (κ2) is 5.87. The molecule has 0 radical (unpaired) electrons. The van der Waals surface area contributed by atoms with E-state index in [0.29, 0.717) is 0 Å². The summed E-state index contributed by atoms with van der Waals surface area (Å²) in [5.74, 6) is 0. The van der Waals surface area contributed by atoms with Gasteiger partial charge in [0.15, 0.2) is 0 Å². The highest BCUT2D eigenvalue weighted by Gasteiger charge is 2.03. The molecule has 1 aromatic carbocycles. The van der Waals surface area contributed by atoms with Crippen molar-refractivity contribution in [1.29, 1.82) is 5.26 Å². The number of hydrogen-bond donors (Lipinski definition) is 1. The van der Waals surface area contributed by atoms with E-state index in [4.69, 9.17) is 5.26 Å². The Labute approximate surface area is 91.2 Å². The third-order valence-electron chi connectivity index (χ3n) is 2.19. The van der Waals surface area contributed by atoms with Gasteiger partial charge in [0.25, 0.3) is 0 Å². The molecule has 0 unspecified atom stereocenters. The number of benzene rings is 1. The van der Waals surface area contributed by atoms with Crippen molar-refractivity contribution >= 4 is 5.57 Å². The fraction of sp³-hybridized carbons (Fsp3) is 0.308. The van der Waals surface area contributed by atoms with Crippen LogP contribution < -0.4 is 5.32 Å². The number of rotatable bonds is 4. The molecule has 0 aliphatic carbocycles. The van der Waals surface area contributed by atoms with Crippen molar-refractivity contribution in [1.82, 2.24) is 5.32 Å². The number of allylic oxidation sites excluding steroid dienone is 2. The van der Waals surface area contributed by atoms with Crippen LogP contribution in [0.15, 0.2) is 36.0 Å². The molecule has 0 saturated heterocycles. The summed E-state index contributed by atoms with van der Waals surface area (Å²) in [5.41, 5.74) is 2.65. The quantitative estimate of drug-likeness (QED) is 0.758. The Kier molecular flexibility index (Phi) is 4.43. The molecule has 0 aromatic heterocycles. The molecule has 0 aliphatic heterocycles. The zero-order valence-electron chi connectivity index (χ0n) is 9.25. The summed E-state index contributed by atoms with van der Waals surface area (Å²) in [7, 11) is 0. The summed E-state index contributed by atoms with van der Waals surface area (Å²) >= 11 is 0. The molecule has 2 heteroatoms. The molecule has 1 rings (SSSR count). The van der Waals surface area contributed by atoms with Crippen LogP contribution in [0.3, 0.4) is 0 Å². The lowest BCUT2D eigenvalue weighted by Crippen LogP contribution is -2.13. The zero-order valence-corrected chi connectivity index (χ0v) is 9.25. The normalized spacial score (nSPS) is 11.5. The number of nitrogens with one attached hydrogen (secondary N) is 1. The van der Waals surface area contributed by atoms with Crippen molar-refractivity contribution in [2.24, 2.45) is 0 Å². The lowest BCUT2D eigenvalue weighted by Gasteiger charge is -2.07. The molecule has 0 amide bonds. The smallest absolute Gasteiger partial charge is 0.102 e. The minimum Gasteiger partial charge on any atom is -0.388 e. The maximum Gasteiger partial charge on any atom is 0.102 e. The highest BCUT2D eigenvalue weighted by molar-refractivity contribution is 5.78. The Morgan fingerprint density at radius 2 is 2.00 bits per heavy atom. The molecule has 0 spiro atoms. The van der Waals surface area contributed by atoms with Crippen molar-refractivity contribution < 1.29 is 0 Å². The van der Waals surface area contributed by atoms with Crippen LogP contribution in [0.4, 0.5) is 0 Å². The van der Waals surface area contributed by atoms with E-state index in [0.717, 1.165) is 29.8 Å². The molecule has 0 heterocycles. The van der Waals surface area contributed by atoms with E-state index in [9.17, 15) is 0 Å². The Balaban J connectivity index is 2.94. The Morgan fingerprint density at radius 3 is 2.53 bits per heavy atom. The molecule has 1 N–H and O–H groups in total. The van der Waals surface area contributed by atoms with Gasteiger partial charge in [-0.2, -0.15) is 5.26 Å². The fourth-order valence-corrected chi connectivity index (χ4v) is 1.37. The van der Waals surface area contributed by atoms with E-state index in [1.807, 2.05) is 37.3 Å². The van der Waals surface area contributed by atoms with Crippen molar-refractivity contribution in [2.75, 3.05) is 6.54 Å². The first-order valence-electron chi connectivity index (χ1n) is 5.19. The number of nitrogens with zero attached hydrogens (tertiary/aromatic N) is 1. The van der Waals surface area contributed by atoms with Gasteiger partial charge in [-0.3, -0.25) is 0 Å². The van der Waals surface area contributed by atoms with Gasteiger partial charge in [0.05, 0.1) is 5.57 Å². The summed E-state index contributed by atoms with van der Waals surface area (Å²) in [4.78, 5) is 0. The summed E-state index contributed by atoms with van der Waals surface area (Å²) < 4.78 is 0. The van der Waals surface area contributed by atoms with E-state index in [-0.39, 0.29) is 0 Å². The van der Waals surface area contributed by atoms with Gasteiger partial charge in [0.1, 0.15) is 6.07 Å². The SMILES string of the molecule is CCCN/C(C)=C(/C#N)c1ccccc1. The van der Waals surface area contributed by atoms with Gasteiger partial charge in [0.2, 0.25) is 0 Å². The van der Waals surface area contributed by atoms with Crippen LogP contribution in [-0.2, 0) is 0 Å². The summed E-state index contributed by atoms with van der Waals surface area (Å²) in [6.07, 6.45) is 1.06. The molecule has 78 valence electrons. The molecule has 15 heavy (non-hydrogen) atoms.